The van der Waals surface area contributed by atoms with Gasteiger partial charge in [0.25, 0.3) is 0 Å². The quantitative estimate of drug-likeness (QED) is 0.735. The van der Waals surface area contributed by atoms with Gasteiger partial charge in [-0.05, 0) is 36.1 Å². The van der Waals surface area contributed by atoms with E-state index in [1.54, 1.807) is 0 Å². The maximum atomic E-state index is 12.6. The Morgan fingerprint density at radius 1 is 1.17 bits per heavy atom. The number of aromatic nitrogens is 2. The van der Waals surface area contributed by atoms with Crippen LogP contribution in [0.1, 0.15) is 27.9 Å². The van der Waals surface area contributed by atoms with Crippen LogP contribution < -0.4 is 0 Å². The molecule has 0 amide bonds. The molecule has 2 aromatic carbocycles. The van der Waals surface area contributed by atoms with Crippen LogP contribution in [0.3, 0.4) is 0 Å². The molecule has 0 aliphatic heterocycles. The van der Waals surface area contributed by atoms with Crippen molar-refractivity contribution in [1.82, 2.24) is 9.78 Å². The third-order valence-electron chi connectivity index (χ3n) is 4.58. The molecule has 0 saturated carbocycles. The summed E-state index contributed by atoms with van der Waals surface area (Å²) in [4.78, 5) is 12.3. The Bertz CT molecular complexity index is 870. The van der Waals surface area contributed by atoms with Crippen LogP contribution in [-0.2, 0) is 13.0 Å². The van der Waals surface area contributed by atoms with Crippen LogP contribution in [0.2, 0.25) is 0 Å². The average molecular weight is 308 g/mol. The van der Waals surface area contributed by atoms with Gasteiger partial charge >= 0.3 is 0 Å². The van der Waals surface area contributed by atoms with E-state index in [0.717, 1.165) is 22.0 Å². The molecule has 0 bridgehead atoms. The lowest BCUT2D eigenvalue weighted by Crippen LogP contribution is -2.09. The van der Waals surface area contributed by atoms with Crippen LogP contribution >= 0.6 is 0 Å². The second-order valence-corrected chi connectivity index (χ2v) is 6.08. The number of benzene rings is 2. The van der Waals surface area contributed by atoms with Gasteiger partial charge in [0, 0.05) is 23.1 Å². The number of fused-ring (bicyclic) bond motifs is 3. The summed E-state index contributed by atoms with van der Waals surface area (Å²) < 4.78 is 14.5. The van der Waals surface area contributed by atoms with Crippen molar-refractivity contribution >= 4 is 16.7 Å². The van der Waals surface area contributed by atoms with Gasteiger partial charge in [0.1, 0.15) is 0 Å². The number of ketones is 1. The Morgan fingerprint density at radius 2 is 2.00 bits per heavy atom. The molecule has 1 aromatic heterocycles. The van der Waals surface area contributed by atoms with Crippen molar-refractivity contribution < 1.29 is 9.18 Å². The summed E-state index contributed by atoms with van der Waals surface area (Å²) in [6.45, 7) is 0.257. The Morgan fingerprint density at radius 3 is 2.78 bits per heavy atom. The maximum Gasteiger partial charge on any atom is 0.166 e. The molecular weight excluding hydrogens is 291 g/mol. The molecule has 1 heterocycles. The zero-order chi connectivity index (χ0) is 15.8. The predicted molar refractivity (Wildman–Crippen MR) is 87.4 cm³/mol. The molecule has 0 spiro atoms. The molecule has 4 heteroatoms. The maximum absolute atomic E-state index is 12.6. The van der Waals surface area contributed by atoms with Crippen molar-refractivity contribution in [1.29, 1.82) is 0 Å². The highest BCUT2D eigenvalue weighted by molar-refractivity contribution is 6.06. The van der Waals surface area contributed by atoms with Gasteiger partial charge in [0.05, 0.1) is 18.7 Å². The Labute approximate surface area is 133 Å². The smallest absolute Gasteiger partial charge is 0.166 e. The van der Waals surface area contributed by atoms with Crippen molar-refractivity contribution in [2.45, 2.75) is 19.4 Å². The van der Waals surface area contributed by atoms with Crippen LogP contribution in [0.15, 0.2) is 48.7 Å². The molecular formula is C19H17FN2O. The number of rotatable bonds is 4. The highest BCUT2D eigenvalue weighted by Crippen LogP contribution is 2.34. The Balaban J connectivity index is 1.71. The van der Waals surface area contributed by atoms with Gasteiger partial charge in [0.15, 0.2) is 5.78 Å². The number of Topliss-reactive ketones (excluding diaryl/α,β-unsaturated/α-hetero) is 1. The number of nitrogens with zero attached hydrogens (tertiary/aromatic N) is 2. The largest absolute Gasteiger partial charge is 0.294 e. The molecule has 0 saturated heterocycles. The van der Waals surface area contributed by atoms with E-state index in [-0.39, 0.29) is 11.7 Å². The number of halogens is 1. The monoisotopic (exact) mass is 308 g/mol. The first-order chi connectivity index (χ1) is 11.3. The van der Waals surface area contributed by atoms with Crippen LogP contribution in [0.5, 0.6) is 0 Å². The molecule has 1 aliphatic rings. The number of carbonyl (C=O) groups excluding carboxylic acids is 1. The number of carbonyl (C=O) groups is 1. The fourth-order valence-electron chi connectivity index (χ4n) is 3.43. The molecule has 1 atom stereocenters. The highest BCUT2D eigenvalue weighted by atomic mass is 19.1. The fraction of sp³-hybridized carbons (Fsp3) is 0.263. The second kappa shape index (κ2) is 5.61. The average Bonchev–Trinajstić information content (AvgIpc) is 3.10. The van der Waals surface area contributed by atoms with E-state index in [0.29, 0.717) is 19.4 Å². The SMILES string of the molecule is O=C1c2ccc3nn(Cc4ccccc4)cc3c2CC1CCF. The molecule has 4 rings (SSSR count). The van der Waals surface area contributed by atoms with E-state index < -0.39 is 6.67 Å². The molecule has 3 aromatic rings. The van der Waals surface area contributed by atoms with E-state index in [4.69, 9.17) is 0 Å². The zero-order valence-corrected chi connectivity index (χ0v) is 12.7. The summed E-state index contributed by atoms with van der Waals surface area (Å²) in [6.07, 6.45) is 2.95. The molecule has 0 fully saturated rings. The first-order valence-corrected chi connectivity index (χ1v) is 7.89. The van der Waals surface area contributed by atoms with Crippen LogP contribution in [0.4, 0.5) is 4.39 Å². The van der Waals surface area contributed by atoms with Crippen LogP contribution in [0, 0.1) is 5.92 Å². The molecule has 1 aliphatic carbocycles. The van der Waals surface area contributed by atoms with Gasteiger partial charge in [0.2, 0.25) is 0 Å². The third kappa shape index (κ3) is 2.44. The lowest BCUT2D eigenvalue weighted by atomic mass is 10.0. The summed E-state index contributed by atoms with van der Waals surface area (Å²) in [7, 11) is 0. The summed E-state index contributed by atoms with van der Waals surface area (Å²) in [5, 5.41) is 5.63. The molecule has 23 heavy (non-hydrogen) atoms. The fourth-order valence-corrected chi connectivity index (χ4v) is 3.43. The van der Waals surface area contributed by atoms with Gasteiger partial charge in [-0.25, -0.2) is 0 Å². The minimum Gasteiger partial charge on any atom is -0.294 e. The molecule has 0 radical (unpaired) electrons. The minimum absolute atomic E-state index is 0.0790. The van der Waals surface area contributed by atoms with E-state index in [1.807, 2.05) is 41.2 Å². The van der Waals surface area contributed by atoms with Gasteiger partial charge in [-0.1, -0.05) is 30.3 Å². The lowest BCUT2D eigenvalue weighted by Gasteiger charge is -2.02. The van der Waals surface area contributed by atoms with Crippen molar-refractivity contribution in [2.75, 3.05) is 6.67 Å². The first-order valence-electron chi connectivity index (χ1n) is 7.89. The number of alkyl halides is 1. The molecule has 1 unspecified atom stereocenters. The van der Waals surface area contributed by atoms with Crippen LogP contribution in [0.25, 0.3) is 10.9 Å². The van der Waals surface area contributed by atoms with E-state index in [9.17, 15) is 9.18 Å². The van der Waals surface area contributed by atoms with E-state index in [1.165, 1.54) is 5.56 Å². The molecule has 3 nitrogen and oxygen atoms in total. The highest BCUT2D eigenvalue weighted by Gasteiger charge is 2.31. The van der Waals surface area contributed by atoms with Crippen LogP contribution in [-0.4, -0.2) is 22.2 Å². The van der Waals surface area contributed by atoms with Crippen molar-refractivity contribution in [3.8, 4) is 0 Å². The predicted octanol–water partition coefficient (Wildman–Crippen LogP) is 3.80. The number of hydrogen-bond acceptors (Lipinski definition) is 2. The van der Waals surface area contributed by atoms with Gasteiger partial charge in [-0.2, -0.15) is 5.10 Å². The Hall–Kier alpha value is -2.49. The summed E-state index contributed by atoms with van der Waals surface area (Å²) in [5.41, 5.74) is 3.86. The molecule has 116 valence electrons. The first kappa shape index (κ1) is 14.1. The second-order valence-electron chi connectivity index (χ2n) is 6.08. The van der Waals surface area contributed by atoms with Crippen molar-refractivity contribution in [3.05, 3.63) is 65.4 Å². The minimum atomic E-state index is -0.444. The third-order valence-corrected chi connectivity index (χ3v) is 4.58. The van der Waals surface area contributed by atoms with Gasteiger partial charge < -0.3 is 0 Å². The lowest BCUT2D eigenvalue weighted by molar-refractivity contribution is 0.0925. The van der Waals surface area contributed by atoms with E-state index in [2.05, 4.69) is 17.2 Å². The van der Waals surface area contributed by atoms with Crippen molar-refractivity contribution in [2.24, 2.45) is 5.92 Å². The molecule has 0 N–H and O–H groups in total. The Kier molecular flexibility index (Phi) is 3.45. The summed E-state index contributed by atoms with van der Waals surface area (Å²) in [6, 6.07) is 13.9. The number of hydrogen-bond donors (Lipinski definition) is 0. The van der Waals surface area contributed by atoms with Gasteiger partial charge in [-0.3, -0.25) is 13.9 Å². The van der Waals surface area contributed by atoms with Crippen molar-refractivity contribution in [3.63, 3.8) is 0 Å². The topological polar surface area (TPSA) is 34.9 Å². The normalized spacial score (nSPS) is 16.9. The van der Waals surface area contributed by atoms with E-state index >= 15 is 0 Å². The summed E-state index contributed by atoms with van der Waals surface area (Å²) in [5.74, 6) is -0.131. The summed E-state index contributed by atoms with van der Waals surface area (Å²) >= 11 is 0. The standard InChI is InChI=1S/C19H17FN2O/c20-9-8-14-10-16-15(19(14)23)6-7-18-17(16)12-22(21-18)11-13-4-2-1-3-5-13/h1-7,12,14H,8-11H2. The zero-order valence-electron chi connectivity index (χ0n) is 12.7. The van der Waals surface area contributed by atoms with Gasteiger partial charge in [-0.15, -0.1) is 0 Å².